The first-order chi connectivity index (χ1) is 8.70. The van der Waals surface area contributed by atoms with Gasteiger partial charge in [0, 0.05) is 5.56 Å². The average Bonchev–Trinajstić information content (AvgIpc) is 2.90. The third-order valence-electron chi connectivity index (χ3n) is 2.33. The van der Waals surface area contributed by atoms with Crippen molar-refractivity contribution in [1.29, 1.82) is 0 Å². The molecule has 0 atom stereocenters. The number of halogens is 2. The molecule has 0 spiro atoms. The van der Waals surface area contributed by atoms with Crippen molar-refractivity contribution in [3.8, 4) is 22.8 Å². The largest absolute Gasteiger partial charge is 0.493 e. The molecule has 18 heavy (non-hydrogen) atoms. The molecule has 0 N–H and O–H groups in total. The highest BCUT2D eigenvalue weighted by Gasteiger charge is 2.10. The van der Waals surface area contributed by atoms with Gasteiger partial charge in [-0.15, -0.1) is 0 Å². The minimum absolute atomic E-state index is 0.285. The van der Waals surface area contributed by atoms with Crippen LogP contribution in [0.4, 0.5) is 8.78 Å². The number of hydrogen-bond acceptors (Lipinski definition) is 3. The highest BCUT2D eigenvalue weighted by atomic mass is 19.3. The van der Waals surface area contributed by atoms with E-state index in [0.717, 1.165) is 5.56 Å². The summed E-state index contributed by atoms with van der Waals surface area (Å²) in [5.41, 5.74) is 0.793. The van der Waals surface area contributed by atoms with Crippen molar-refractivity contribution in [3.63, 3.8) is 0 Å². The molecule has 0 aliphatic rings. The molecule has 2 aromatic rings. The number of hydrogen-bond donors (Lipinski definition) is 0. The summed E-state index contributed by atoms with van der Waals surface area (Å²) in [5, 5.41) is 0. The molecule has 96 valence electrons. The van der Waals surface area contributed by atoms with E-state index < -0.39 is 13.0 Å². The molecule has 5 heteroatoms. The first kappa shape index (κ1) is 12.4. The van der Waals surface area contributed by atoms with Gasteiger partial charge < -0.3 is 13.9 Å². The Kier molecular flexibility index (Phi) is 3.82. The van der Waals surface area contributed by atoms with Gasteiger partial charge in [-0.3, -0.25) is 0 Å². The predicted molar refractivity (Wildman–Crippen MR) is 62.2 cm³/mol. The van der Waals surface area contributed by atoms with Crippen LogP contribution >= 0.6 is 0 Å². The summed E-state index contributed by atoms with van der Waals surface area (Å²) in [7, 11) is 1.45. The maximum Gasteiger partial charge on any atom is 0.272 e. The topological polar surface area (TPSA) is 31.6 Å². The van der Waals surface area contributed by atoms with E-state index in [4.69, 9.17) is 13.9 Å². The first-order valence-corrected chi connectivity index (χ1v) is 5.33. The Labute approximate surface area is 103 Å². The molecule has 0 saturated heterocycles. The maximum atomic E-state index is 12.1. The Morgan fingerprint density at radius 2 is 2.06 bits per heavy atom. The fourth-order valence-corrected chi connectivity index (χ4v) is 1.54. The van der Waals surface area contributed by atoms with Gasteiger partial charge in [-0.05, 0) is 30.3 Å². The van der Waals surface area contributed by atoms with Crippen LogP contribution in [-0.2, 0) is 0 Å². The van der Waals surface area contributed by atoms with Crippen LogP contribution < -0.4 is 9.47 Å². The van der Waals surface area contributed by atoms with Gasteiger partial charge in [0.2, 0.25) is 0 Å². The van der Waals surface area contributed by atoms with Crippen molar-refractivity contribution in [3.05, 3.63) is 36.6 Å². The lowest BCUT2D eigenvalue weighted by Crippen LogP contribution is -2.07. The van der Waals surface area contributed by atoms with Crippen LogP contribution in [0.5, 0.6) is 11.5 Å². The second-order valence-corrected chi connectivity index (χ2v) is 3.55. The van der Waals surface area contributed by atoms with Gasteiger partial charge in [-0.1, -0.05) is 0 Å². The van der Waals surface area contributed by atoms with Crippen LogP contribution in [0.2, 0.25) is 0 Å². The zero-order valence-electron chi connectivity index (χ0n) is 9.73. The molecule has 0 aliphatic heterocycles. The lowest BCUT2D eigenvalue weighted by atomic mass is 10.1. The molecule has 3 nitrogen and oxygen atoms in total. The molecular weight excluding hydrogens is 242 g/mol. The number of alkyl halides is 2. The van der Waals surface area contributed by atoms with Gasteiger partial charge in [0.05, 0.1) is 13.4 Å². The lowest BCUT2D eigenvalue weighted by molar-refractivity contribution is 0.0804. The first-order valence-electron chi connectivity index (χ1n) is 5.33. The van der Waals surface area contributed by atoms with Crippen LogP contribution in [-0.4, -0.2) is 20.1 Å². The lowest BCUT2D eigenvalue weighted by Gasteiger charge is -2.11. The number of benzene rings is 1. The molecule has 0 saturated carbocycles. The fourth-order valence-electron chi connectivity index (χ4n) is 1.54. The van der Waals surface area contributed by atoms with E-state index in [1.54, 1.807) is 36.6 Å². The Morgan fingerprint density at radius 1 is 1.22 bits per heavy atom. The third kappa shape index (κ3) is 2.80. The summed E-state index contributed by atoms with van der Waals surface area (Å²) in [4.78, 5) is 0. The third-order valence-corrected chi connectivity index (χ3v) is 2.33. The maximum absolute atomic E-state index is 12.1. The molecular formula is C13H12F2O3. The molecule has 0 aliphatic carbocycles. The summed E-state index contributed by atoms with van der Waals surface area (Å²) in [6.45, 7) is -0.656. The Morgan fingerprint density at radius 3 is 2.67 bits per heavy atom. The van der Waals surface area contributed by atoms with Crippen molar-refractivity contribution in [2.24, 2.45) is 0 Å². The number of rotatable bonds is 5. The molecule has 1 heterocycles. The summed E-state index contributed by atoms with van der Waals surface area (Å²) in [6.07, 6.45) is -0.956. The van der Waals surface area contributed by atoms with Crippen LogP contribution in [0.15, 0.2) is 41.0 Å². The molecule has 2 rings (SSSR count). The van der Waals surface area contributed by atoms with Crippen LogP contribution in [0.3, 0.4) is 0 Å². The molecule has 0 bridgehead atoms. The second-order valence-electron chi connectivity index (χ2n) is 3.55. The monoisotopic (exact) mass is 254 g/mol. The second kappa shape index (κ2) is 5.53. The van der Waals surface area contributed by atoms with Gasteiger partial charge in [-0.25, -0.2) is 8.78 Å². The fraction of sp³-hybridized carbons (Fsp3) is 0.231. The van der Waals surface area contributed by atoms with Crippen molar-refractivity contribution < 1.29 is 22.7 Å². The summed E-state index contributed by atoms with van der Waals surface area (Å²) in [5.74, 6) is 1.35. The van der Waals surface area contributed by atoms with E-state index >= 15 is 0 Å². The average molecular weight is 254 g/mol. The SMILES string of the molecule is COc1cc(-c2ccco2)ccc1OCC(F)F. The molecule has 0 fully saturated rings. The number of methoxy groups -OCH3 is 1. The highest BCUT2D eigenvalue weighted by Crippen LogP contribution is 2.32. The van der Waals surface area contributed by atoms with Gasteiger partial charge in [0.25, 0.3) is 6.43 Å². The van der Waals surface area contributed by atoms with Crippen molar-refractivity contribution >= 4 is 0 Å². The Bertz CT molecular complexity index is 495. The van der Waals surface area contributed by atoms with E-state index in [9.17, 15) is 8.78 Å². The van der Waals surface area contributed by atoms with Crippen LogP contribution in [0, 0.1) is 0 Å². The van der Waals surface area contributed by atoms with Gasteiger partial charge >= 0.3 is 0 Å². The van der Waals surface area contributed by atoms with E-state index in [1.165, 1.54) is 7.11 Å². The zero-order valence-corrected chi connectivity index (χ0v) is 9.73. The molecule has 0 unspecified atom stereocenters. The Hall–Kier alpha value is -2.04. The molecule has 1 aromatic heterocycles. The van der Waals surface area contributed by atoms with E-state index in [1.807, 2.05) is 0 Å². The van der Waals surface area contributed by atoms with Crippen molar-refractivity contribution in [2.45, 2.75) is 6.43 Å². The normalized spacial score (nSPS) is 10.7. The van der Waals surface area contributed by atoms with Crippen LogP contribution in [0.25, 0.3) is 11.3 Å². The zero-order chi connectivity index (χ0) is 13.0. The Balaban J connectivity index is 2.23. The molecule has 0 radical (unpaired) electrons. The smallest absolute Gasteiger partial charge is 0.272 e. The van der Waals surface area contributed by atoms with E-state index in [2.05, 4.69) is 0 Å². The summed E-state index contributed by atoms with van der Waals surface area (Å²) >= 11 is 0. The summed E-state index contributed by atoms with van der Waals surface area (Å²) < 4.78 is 39.5. The standard InChI is InChI=1S/C13H12F2O3/c1-16-12-7-9(10-3-2-6-17-10)4-5-11(12)18-8-13(14)15/h2-7,13H,8H2,1H3. The quantitative estimate of drug-likeness (QED) is 0.817. The van der Waals surface area contributed by atoms with E-state index in [-0.39, 0.29) is 5.75 Å². The van der Waals surface area contributed by atoms with Gasteiger partial charge in [-0.2, -0.15) is 0 Å². The number of ether oxygens (including phenoxy) is 2. The minimum Gasteiger partial charge on any atom is -0.493 e. The minimum atomic E-state index is -2.51. The molecule has 1 aromatic carbocycles. The van der Waals surface area contributed by atoms with Gasteiger partial charge in [0.1, 0.15) is 12.4 Å². The van der Waals surface area contributed by atoms with Crippen molar-refractivity contribution in [2.75, 3.05) is 13.7 Å². The van der Waals surface area contributed by atoms with E-state index in [0.29, 0.717) is 11.5 Å². The number of furan rings is 1. The van der Waals surface area contributed by atoms with Crippen molar-refractivity contribution in [1.82, 2.24) is 0 Å². The predicted octanol–water partition coefficient (Wildman–Crippen LogP) is 3.60. The molecule has 0 amide bonds. The van der Waals surface area contributed by atoms with Crippen LogP contribution in [0.1, 0.15) is 0 Å². The van der Waals surface area contributed by atoms with Gasteiger partial charge in [0.15, 0.2) is 11.5 Å². The highest BCUT2D eigenvalue weighted by molar-refractivity contribution is 5.62. The summed E-state index contributed by atoms with van der Waals surface area (Å²) in [6, 6.07) is 8.55.